The van der Waals surface area contributed by atoms with E-state index in [4.69, 9.17) is 18.0 Å². The van der Waals surface area contributed by atoms with Crippen molar-refractivity contribution in [2.75, 3.05) is 0 Å². The molecule has 0 spiro atoms. The van der Waals surface area contributed by atoms with Crippen LogP contribution in [0.3, 0.4) is 0 Å². The smallest absolute Gasteiger partial charge is 0.347 e. The number of hydrogen-bond acceptors (Lipinski definition) is 3. The molecule has 0 aliphatic heterocycles. The first-order valence-electron chi connectivity index (χ1n) is 4.32. The molecule has 3 N–H and O–H groups in total. The van der Waals surface area contributed by atoms with Gasteiger partial charge in [0.05, 0.1) is 11.3 Å². The van der Waals surface area contributed by atoms with Gasteiger partial charge in [0.25, 0.3) is 0 Å². The van der Waals surface area contributed by atoms with Gasteiger partial charge in [-0.05, 0) is 12.1 Å². The molecule has 0 saturated heterocycles. The van der Waals surface area contributed by atoms with E-state index in [2.05, 4.69) is 10.2 Å². The van der Waals surface area contributed by atoms with Gasteiger partial charge in [0, 0.05) is 0 Å². The number of thiocarbonyl (C=S) groups is 1. The summed E-state index contributed by atoms with van der Waals surface area (Å²) in [5.74, 6) is -0.571. The molecule has 0 aliphatic rings. The lowest BCUT2D eigenvalue weighted by atomic mass is 10.1. The Hall–Kier alpha value is -2.02. The van der Waals surface area contributed by atoms with Crippen molar-refractivity contribution in [2.24, 2.45) is 5.73 Å². The predicted octanol–water partition coefficient (Wildman–Crippen LogP) is 0.334. The Labute approximate surface area is 94.7 Å². The molecule has 1 aromatic heterocycles. The quantitative estimate of drug-likeness (QED) is 0.739. The number of halogens is 1. The van der Waals surface area contributed by atoms with Gasteiger partial charge < -0.3 is 5.73 Å². The van der Waals surface area contributed by atoms with Gasteiger partial charge in [-0.25, -0.2) is 18.9 Å². The van der Waals surface area contributed by atoms with E-state index >= 15 is 0 Å². The highest BCUT2D eigenvalue weighted by Gasteiger charge is 2.13. The van der Waals surface area contributed by atoms with Crippen molar-refractivity contribution in [2.45, 2.75) is 0 Å². The first-order chi connectivity index (χ1) is 7.61. The number of nitrogens with zero attached hydrogens (tertiary/aromatic N) is 2. The molecular weight excluding hydrogens is 231 g/mol. The summed E-state index contributed by atoms with van der Waals surface area (Å²) in [6.07, 6.45) is 1.23. The van der Waals surface area contributed by atoms with E-state index in [1.165, 1.54) is 24.5 Å². The van der Waals surface area contributed by atoms with Gasteiger partial charge >= 0.3 is 5.69 Å². The maximum atomic E-state index is 13.5. The number of nitrogens with one attached hydrogen (secondary N) is 1. The van der Waals surface area contributed by atoms with Crippen LogP contribution in [-0.2, 0) is 0 Å². The Bertz CT molecular complexity index is 604. The molecule has 7 heteroatoms. The molecule has 2 rings (SSSR count). The summed E-state index contributed by atoms with van der Waals surface area (Å²) in [6, 6.07) is 4.23. The molecule has 0 saturated carbocycles. The minimum absolute atomic E-state index is 0.0287. The van der Waals surface area contributed by atoms with Crippen molar-refractivity contribution in [1.29, 1.82) is 0 Å². The first-order valence-corrected chi connectivity index (χ1v) is 4.73. The number of hydrogen-bond donors (Lipinski definition) is 2. The molecule has 0 aliphatic carbocycles. The molecule has 5 nitrogen and oxygen atoms in total. The van der Waals surface area contributed by atoms with Gasteiger partial charge in [-0.2, -0.15) is 5.10 Å². The second-order valence-corrected chi connectivity index (χ2v) is 3.47. The maximum Gasteiger partial charge on any atom is 0.347 e. The summed E-state index contributed by atoms with van der Waals surface area (Å²) in [7, 11) is 0. The van der Waals surface area contributed by atoms with Crippen LogP contribution in [0.25, 0.3) is 5.69 Å². The highest BCUT2D eigenvalue weighted by Crippen LogP contribution is 2.16. The van der Waals surface area contributed by atoms with Gasteiger partial charge in [-0.1, -0.05) is 18.3 Å². The minimum Gasteiger partial charge on any atom is -0.389 e. The van der Waals surface area contributed by atoms with E-state index < -0.39 is 11.5 Å². The summed E-state index contributed by atoms with van der Waals surface area (Å²) in [4.78, 5) is 11.2. The van der Waals surface area contributed by atoms with E-state index in [-0.39, 0.29) is 16.2 Å². The third-order valence-corrected chi connectivity index (χ3v) is 2.25. The summed E-state index contributed by atoms with van der Waals surface area (Å²) in [5, 5.41) is 5.75. The van der Waals surface area contributed by atoms with Crippen LogP contribution in [0.2, 0.25) is 0 Å². The fourth-order valence-corrected chi connectivity index (χ4v) is 1.58. The van der Waals surface area contributed by atoms with Crippen molar-refractivity contribution < 1.29 is 4.39 Å². The fraction of sp³-hybridized carbons (Fsp3) is 0. The average Bonchev–Trinajstić information content (AvgIpc) is 2.63. The zero-order valence-electron chi connectivity index (χ0n) is 7.98. The molecule has 1 heterocycles. The van der Waals surface area contributed by atoms with Crippen LogP contribution in [0.15, 0.2) is 29.3 Å². The molecule has 16 heavy (non-hydrogen) atoms. The maximum absolute atomic E-state index is 13.5. The van der Waals surface area contributed by atoms with Crippen molar-refractivity contribution in [3.63, 3.8) is 0 Å². The molecule has 0 unspecified atom stereocenters. The lowest BCUT2D eigenvalue weighted by Gasteiger charge is -2.08. The van der Waals surface area contributed by atoms with Gasteiger partial charge in [-0.3, -0.25) is 0 Å². The first kappa shape index (κ1) is 10.5. The molecular formula is C9H7FN4OS. The van der Waals surface area contributed by atoms with Crippen LogP contribution >= 0.6 is 12.2 Å². The van der Waals surface area contributed by atoms with Crippen LogP contribution in [0, 0.1) is 5.82 Å². The Morgan fingerprint density at radius 1 is 1.56 bits per heavy atom. The van der Waals surface area contributed by atoms with Crippen molar-refractivity contribution >= 4 is 17.2 Å². The summed E-state index contributed by atoms with van der Waals surface area (Å²) >= 11 is 4.75. The second kappa shape index (κ2) is 3.86. The highest BCUT2D eigenvalue weighted by molar-refractivity contribution is 7.80. The number of aromatic amines is 1. The number of nitrogens with two attached hydrogens (primary N) is 1. The minimum atomic E-state index is -0.571. The van der Waals surface area contributed by atoms with Crippen LogP contribution < -0.4 is 11.4 Å². The molecule has 82 valence electrons. The van der Waals surface area contributed by atoms with Crippen LogP contribution in [0.4, 0.5) is 4.39 Å². The third kappa shape index (κ3) is 1.61. The fourth-order valence-electron chi connectivity index (χ4n) is 1.38. The van der Waals surface area contributed by atoms with Crippen molar-refractivity contribution in [3.8, 4) is 5.69 Å². The molecule has 0 atom stereocenters. The lowest BCUT2D eigenvalue weighted by Crippen LogP contribution is -2.21. The molecule has 0 bridgehead atoms. The normalized spacial score (nSPS) is 10.3. The zero-order chi connectivity index (χ0) is 11.7. The molecule has 0 fully saturated rings. The average molecular weight is 238 g/mol. The van der Waals surface area contributed by atoms with E-state index in [9.17, 15) is 9.18 Å². The number of aromatic nitrogens is 3. The summed E-state index contributed by atoms with van der Waals surface area (Å²) < 4.78 is 14.6. The molecule has 2 aromatic rings. The Morgan fingerprint density at radius 2 is 2.31 bits per heavy atom. The van der Waals surface area contributed by atoms with E-state index in [0.717, 1.165) is 4.57 Å². The Balaban J connectivity index is 2.76. The van der Waals surface area contributed by atoms with E-state index in [0.29, 0.717) is 0 Å². The van der Waals surface area contributed by atoms with Gasteiger partial charge in [0.2, 0.25) is 0 Å². The Kier molecular flexibility index (Phi) is 2.53. The Morgan fingerprint density at radius 3 is 2.88 bits per heavy atom. The van der Waals surface area contributed by atoms with E-state index in [1.807, 2.05) is 0 Å². The van der Waals surface area contributed by atoms with E-state index in [1.54, 1.807) is 0 Å². The second-order valence-electron chi connectivity index (χ2n) is 3.03. The van der Waals surface area contributed by atoms with Crippen molar-refractivity contribution in [3.05, 3.63) is 46.4 Å². The molecule has 0 amide bonds. The zero-order valence-corrected chi connectivity index (χ0v) is 8.79. The van der Waals surface area contributed by atoms with Crippen molar-refractivity contribution in [1.82, 2.24) is 14.8 Å². The number of rotatable bonds is 2. The third-order valence-electron chi connectivity index (χ3n) is 2.05. The highest BCUT2D eigenvalue weighted by atomic mass is 32.1. The van der Waals surface area contributed by atoms with Crippen LogP contribution in [0.1, 0.15) is 5.56 Å². The lowest BCUT2D eigenvalue weighted by molar-refractivity contribution is 0.624. The van der Waals surface area contributed by atoms with Gasteiger partial charge in [0.1, 0.15) is 17.1 Å². The summed E-state index contributed by atoms with van der Waals surface area (Å²) in [5.41, 5.74) is 5.23. The molecule has 0 radical (unpaired) electrons. The monoisotopic (exact) mass is 238 g/mol. The molecule has 1 aromatic carbocycles. The summed E-state index contributed by atoms with van der Waals surface area (Å²) in [6.45, 7) is 0. The standard InChI is InChI=1S/C9H7FN4OS/c10-5-2-1-3-6(7(5)8(11)16)14-4-12-13-9(14)15/h1-4H,(H2,11,16)(H,13,15). The van der Waals surface area contributed by atoms with Gasteiger partial charge in [-0.15, -0.1) is 0 Å². The number of benzene rings is 1. The van der Waals surface area contributed by atoms with Gasteiger partial charge in [0.15, 0.2) is 0 Å². The van der Waals surface area contributed by atoms with Crippen LogP contribution in [0.5, 0.6) is 0 Å². The SMILES string of the molecule is NC(=S)c1c(F)cccc1-n1cn[nH]c1=O. The topological polar surface area (TPSA) is 76.7 Å². The largest absolute Gasteiger partial charge is 0.389 e. The predicted molar refractivity (Wildman–Crippen MR) is 60.0 cm³/mol. The van der Waals surface area contributed by atoms with Crippen LogP contribution in [-0.4, -0.2) is 19.8 Å². The number of H-pyrrole nitrogens is 1.